The average molecular weight is 298 g/mol. The quantitative estimate of drug-likeness (QED) is 0.577. The van der Waals surface area contributed by atoms with Crippen molar-refractivity contribution in [3.05, 3.63) is 35.9 Å². The van der Waals surface area contributed by atoms with Crippen LogP contribution in [0.4, 0.5) is 4.39 Å². The van der Waals surface area contributed by atoms with Crippen LogP contribution in [0.15, 0.2) is 30.3 Å². The normalized spacial score (nSPS) is 23.4. The summed E-state index contributed by atoms with van der Waals surface area (Å²) >= 11 is 0. The van der Waals surface area contributed by atoms with Crippen molar-refractivity contribution in [3.63, 3.8) is 0 Å². The first-order chi connectivity index (χ1) is 10.1. The molecule has 0 bridgehead atoms. The minimum Gasteiger partial charge on any atom is -0.464 e. The Labute approximate surface area is 122 Å². The van der Waals surface area contributed by atoms with Crippen molar-refractivity contribution in [3.8, 4) is 0 Å². The number of ether oxygens (including phenoxy) is 3. The molecule has 1 aliphatic heterocycles. The Kier molecular flexibility index (Phi) is 5.67. The number of epoxide rings is 1. The highest BCUT2D eigenvalue weighted by molar-refractivity contribution is 5.75. The number of aliphatic hydroxyl groups is 1. The highest BCUT2D eigenvalue weighted by Gasteiger charge is 2.49. The minimum absolute atomic E-state index is 0.0705. The lowest BCUT2D eigenvalue weighted by Crippen LogP contribution is -2.36. The summed E-state index contributed by atoms with van der Waals surface area (Å²) in [6.07, 6.45) is -4.72. The number of carbonyl (C=O) groups excluding carboxylic acids is 1. The van der Waals surface area contributed by atoms with Crippen LogP contribution in [-0.2, 0) is 25.6 Å². The monoisotopic (exact) mass is 298 g/mol. The van der Waals surface area contributed by atoms with Crippen LogP contribution < -0.4 is 0 Å². The third-order valence-corrected chi connectivity index (χ3v) is 3.16. The summed E-state index contributed by atoms with van der Waals surface area (Å²) in [5.74, 6) is -1.07. The van der Waals surface area contributed by atoms with Gasteiger partial charge in [0.15, 0.2) is 0 Å². The Hall–Kier alpha value is -1.50. The summed E-state index contributed by atoms with van der Waals surface area (Å²) in [5.41, 5.74) is 1.02. The molecule has 2 rings (SSSR count). The van der Waals surface area contributed by atoms with E-state index in [0.29, 0.717) is 6.61 Å². The predicted molar refractivity (Wildman–Crippen MR) is 72.3 cm³/mol. The second-order valence-corrected chi connectivity index (χ2v) is 4.78. The van der Waals surface area contributed by atoms with Crippen molar-refractivity contribution in [2.24, 2.45) is 0 Å². The second-order valence-electron chi connectivity index (χ2n) is 4.78. The molecule has 1 saturated heterocycles. The van der Waals surface area contributed by atoms with Crippen LogP contribution in [0.2, 0.25) is 0 Å². The largest absolute Gasteiger partial charge is 0.464 e. The van der Waals surface area contributed by atoms with Crippen molar-refractivity contribution in [2.45, 2.75) is 38.0 Å². The molecule has 0 radical (unpaired) electrons. The number of alkyl halides is 1. The summed E-state index contributed by atoms with van der Waals surface area (Å²) in [6, 6.07) is 9.59. The van der Waals surface area contributed by atoms with Gasteiger partial charge in [-0.2, -0.15) is 0 Å². The molecule has 1 aromatic rings. The molecule has 0 amide bonds. The first kappa shape index (κ1) is 15.9. The van der Waals surface area contributed by atoms with Gasteiger partial charge >= 0.3 is 5.97 Å². The smallest absolute Gasteiger partial charge is 0.343 e. The van der Waals surface area contributed by atoms with Crippen LogP contribution in [0.5, 0.6) is 0 Å². The molecule has 116 valence electrons. The number of hydrogen-bond acceptors (Lipinski definition) is 5. The highest BCUT2D eigenvalue weighted by Crippen LogP contribution is 2.29. The lowest BCUT2D eigenvalue weighted by atomic mass is 10.1. The van der Waals surface area contributed by atoms with Gasteiger partial charge in [0.25, 0.3) is 0 Å². The molecule has 6 heteroatoms. The van der Waals surface area contributed by atoms with E-state index in [4.69, 9.17) is 9.47 Å². The fraction of sp³-hybridized carbons (Fsp3) is 0.533. The van der Waals surface area contributed by atoms with Gasteiger partial charge in [-0.15, -0.1) is 0 Å². The van der Waals surface area contributed by atoms with E-state index < -0.39 is 30.5 Å². The molecule has 1 heterocycles. The number of hydrogen-bond donors (Lipinski definition) is 1. The van der Waals surface area contributed by atoms with E-state index in [1.807, 2.05) is 30.3 Å². The van der Waals surface area contributed by atoms with E-state index in [1.165, 1.54) is 0 Å². The van der Waals surface area contributed by atoms with Gasteiger partial charge < -0.3 is 19.3 Å². The summed E-state index contributed by atoms with van der Waals surface area (Å²) in [5, 5.41) is 9.68. The minimum atomic E-state index is -2.09. The molecule has 4 atom stereocenters. The van der Waals surface area contributed by atoms with Crippen molar-refractivity contribution >= 4 is 5.97 Å². The Bertz CT molecular complexity index is 453. The fourth-order valence-electron chi connectivity index (χ4n) is 1.99. The highest BCUT2D eigenvalue weighted by atomic mass is 19.1. The molecule has 5 nitrogen and oxygen atoms in total. The molecular weight excluding hydrogens is 279 g/mol. The molecule has 1 aliphatic rings. The number of aliphatic hydroxyl groups excluding tert-OH is 1. The molecule has 0 saturated carbocycles. The van der Waals surface area contributed by atoms with Crippen molar-refractivity contribution < 1.29 is 28.5 Å². The Balaban J connectivity index is 1.68. The topological polar surface area (TPSA) is 68.3 Å². The van der Waals surface area contributed by atoms with Crippen molar-refractivity contribution in [2.75, 3.05) is 13.2 Å². The maximum Gasteiger partial charge on any atom is 0.343 e. The molecule has 1 aromatic carbocycles. The van der Waals surface area contributed by atoms with Crippen molar-refractivity contribution in [1.29, 1.82) is 0 Å². The van der Waals surface area contributed by atoms with E-state index in [0.717, 1.165) is 5.56 Å². The summed E-state index contributed by atoms with van der Waals surface area (Å²) in [4.78, 5) is 11.2. The Morgan fingerprint density at radius 3 is 2.81 bits per heavy atom. The SMILES string of the molecule is CCOC(=O)[C@H](F)[C@H](O)[C@@H]1O[C@@H]1COCc1ccccc1. The van der Waals surface area contributed by atoms with Crippen LogP contribution in [0.3, 0.4) is 0 Å². The maximum absolute atomic E-state index is 13.6. The lowest BCUT2D eigenvalue weighted by Gasteiger charge is -2.12. The van der Waals surface area contributed by atoms with Gasteiger partial charge in [0.05, 0.1) is 19.8 Å². The van der Waals surface area contributed by atoms with E-state index in [2.05, 4.69) is 4.74 Å². The van der Waals surface area contributed by atoms with E-state index in [9.17, 15) is 14.3 Å². The van der Waals surface area contributed by atoms with Gasteiger partial charge in [0, 0.05) is 0 Å². The summed E-state index contributed by atoms with van der Waals surface area (Å²) < 4.78 is 28.7. The zero-order chi connectivity index (χ0) is 15.2. The number of halogens is 1. The molecule has 1 N–H and O–H groups in total. The van der Waals surface area contributed by atoms with Gasteiger partial charge in [-0.3, -0.25) is 0 Å². The molecule has 0 spiro atoms. The number of carbonyl (C=O) groups is 1. The van der Waals surface area contributed by atoms with Gasteiger partial charge in [-0.05, 0) is 12.5 Å². The van der Waals surface area contributed by atoms with Crippen LogP contribution in [0, 0.1) is 0 Å². The van der Waals surface area contributed by atoms with Crippen LogP contribution in [-0.4, -0.2) is 48.8 Å². The molecule has 21 heavy (non-hydrogen) atoms. The van der Waals surface area contributed by atoms with Crippen LogP contribution in [0.1, 0.15) is 12.5 Å². The van der Waals surface area contributed by atoms with Gasteiger partial charge in [0.1, 0.15) is 18.3 Å². The lowest BCUT2D eigenvalue weighted by molar-refractivity contribution is -0.154. The Morgan fingerprint density at radius 1 is 1.43 bits per heavy atom. The van der Waals surface area contributed by atoms with Gasteiger partial charge in [-0.1, -0.05) is 30.3 Å². The van der Waals surface area contributed by atoms with Gasteiger partial charge in [-0.25, -0.2) is 9.18 Å². The Morgan fingerprint density at radius 2 is 2.14 bits per heavy atom. The molecule has 1 fully saturated rings. The summed E-state index contributed by atoms with van der Waals surface area (Å²) in [6.45, 7) is 2.30. The summed E-state index contributed by atoms with van der Waals surface area (Å²) in [7, 11) is 0. The molecule has 0 aromatic heterocycles. The van der Waals surface area contributed by atoms with E-state index in [1.54, 1.807) is 6.92 Å². The molecule has 0 aliphatic carbocycles. The standard InChI is InChI=1S/C15H19FO5/c1-2-20-15(18)12(16)13(17)14-11(21-14)9-19-8-10-6-4-3-5-7-10/h3-7,11-14,17H,2,8-9H2,1H3/t11-,12-,13+,14-/m1/s1. The first-order valence-corrected chi connectivity index (χ1v) is 6.89. The van der Waals surface area contributed by atoms with Crippen molar-refractivity contribution in [1.82, 2.24) is 0 Å². The average Bonchev–Trinajstić information content (AvgIpc) is 3.26. The second kappa shape index (κ2) is 7.49. The fourth-order valence-corrected chi connectivity index (χ4v) is 1.99. The molecular formula is C15H19FO5. The van der Waals surface area contributed by atoms with E-state index >= 15 is 0 Å². The van der Waals surface area contributed by atoms with E-state index in [-0.39, 0.29) is 13.2 Å². The number of esters is 1. The zero-order valence-electron chi connectivity index (χ0n) is 11.8. The first-order valence-electron chi connectivity index (χ1n) is 6.89. The number of rotatable bonds is 8. The molecule has 0 unspecified atom stereocenters. The maximum atomic E-state index is 13.6. The zero-order valence-corrected chi connectivity index (χ0v) is 11.8. The van der Waals surface area contributed by atoms with Crippen LogP contribution in [0.25, 0.3) is 0 Å². The van der Waals surface area contributed by atoms with Crippen LogP contribution >= 0.6 is 0 Å². The van der Waals surface area contributed by atoms with Gasteiger partial charge in [0.2, 0.25) is 6.17 Å². The third-order valence-electron chi connectivity index (χ3n) is 3.16. The third kappa shape index (κ3) is 4.49. The number of benzene rings is 1. The predicted octanol–water partition coefficient (Wildman–Crippen LogP) is 1.23.